The zero-order valence-electron chi connectivity index (χ0n) is 9.11. The lowest BCUT2D eigenvalue weighted by atomic mass is 10.3. The van der Waals surface area contributed by atoms with Gasteiger partial charge in [0.1, 0.15) is 12.4 Å². The van der Waals surface area contributed by atoms with E-state index < -0.39 is 18.8 Å². The van der Waals surface area contributed by atoms with E-state index in [1.165, 1.54) is 0 Å². The Morgan fingerprint density at radius 1 is 1.12 bits per heavy atom. The van der Waals surface area contributed by atoms with E-state index in [9.17, 15) is 13.2 Å². The Labute approximate surface area is 97.3 Å². The minimum atomic E-state index is -4.43. The third kappa shape index (κ3) is 5.06. The number of nitrogens with two attached hydrogens (primary N) is 1. The molecule has 0 saturated carbocycles. The van der Waals surface area contributed by atoms with E-state index >= 15 is 0 Å². The van der Waals surface area contributed by atoms with E-state index in [4.69, 9.17) is 10.5 Å². The molecule has 0 heterocycles. The van der Waals surface area contributed by atoms with Crippen molar-refractivity contribution in [2.75, 3.05) is 19.8 Å². The summed E-state index contributed by atoms with van der Waals surface area (Å²) in [6, 6.07) is 8.79. The molecule has 0 radical (unpaired) electrons. The van der Waals surface area contributed by atoms with E-state index in [-0.39, 0.29) is 13.2 Å². The SMILES string of the molecule is NCC(OCCOc1ccccc1)C(F)(F)F. The molecule has 1 aromatic rings. The summed E-state index contributed by atoms with van der Waals surface area (Å²) in [4.78, 5) is 0. The van der Waals surface area contributed by atoms with Gasteiger partial charge in [0.05, 0.1) is 6.61 Å². The standard InChI is InChI=1S/C11H14F3NO2/c12-11(13,14)10(8-15)17-7-6-16-9-4-2-1-3-5-9/h1-5,10H,6-8,15H2. The van der Waals surface area contributed by atoms with Crippen molar-refractivity contribution in [2.45, 2.75) is 12.3 Å². The molecule has 0 aliphatic heterocycles. The fourth-order valence-corrected chi connectivity index (χ4v) is 1.16. The molecule has 1 atom stereocenters. The van der Waals surface area contributed by atoms with Gasteiger partial charge in [0.25, 0.3) is 0 Å². The number of ether oxygens (including phenoxy) is 2. The minimum Gasteiger partial charge on any atom is -0.491 e. The number of para-hydroxylation sites is 1. The van der Waals surface area contributed by atoms with Crippen LogP contribution in [0.1, 0.15) is 0 Å². The normalized spacial score (nSPS) is 13.4. The van der Waals surface area contributed by atoms with Crippen LogP contribution in [0.3, 0.4) is 0 Å². The van der Waals surface area contributed by atoms with E-state index in [0.29, 0.717) is 5.75 Å². The first kappa shape index (κ1) is 13.8. The summed E-state index contributed by atoms with van der Waals surface area (Å²) in [6.45, 7) is -0.693. The molecule has 0 saturated heterocycles. The van der Waals surface area contributed by atoms with Gasteiger partial charge in [-0.05, 0) is 12.1 Å². The minimum absolute atomic E-state index is 0.0522. The third-order valence-corrected chi connectivity index (χ3v) is 1.99. The number of alkyl halides is 3. The number of rotatable bonds is 6. The first-order chi connectivity index (χ1) is 8.04. The number of hydrogen-bond acceptors (Lipinski definition) is 3. The number of hydrogen-bond donors (Lipinski definition) is 1. The monoisotopic (exact) mass is 249 g/mol. The van der Waals surface area contributed by atoms with Crippen LogP contribution in [-0.4, -0.2) is 32.0 Å². The van der Waals surface area contributed by atoms with Crippen LogP contribution >= 0.6 is 0 Å². The second-order valence-corrected chi connectivity index (χ2v) is 3.30. The summed E-state index contributed by atoms with van der Waals surface area (Å²) in [5, 5.41) is 0. The average Bonchev–Trinajstić information content (AvgIpc) is 2.28. The highest BCUT2D eigenvalue weighted by Gasteiger charge is 2.39. The lowest BCUT2D eigenvalue weighted by Crippen LogP contribution is -2.39. The Balaban J connectivity index is 2.24. The maximum absolute atomic E-state index is 12.2. The van der Waals surface area contributed by atoms with Gasteiger partial charge in [0, 0.05) is 6.54 Å². The van der Waals surface area contributed by atoms with Gasteiger partial charge >= 0.3 is 6.18 Å². The molecule has 96 valence electrons. The smallest absolute Gasteiger partial charge is 0.415 e. The van der Waals surface area contributed by atoms with Crippen LogP contribution < -0.4 is 10.5 Å². The summed E-state index contributed by atoms with van der Waals surface area (Å²) in [5.41, 5.74) is 4.97. The zero-order chi connectivity index (χ0) is 12.7. The molecule has 0 fully saturated rings. The molecule has 0 amide bonds. The van der Waals surface area contributed by atoms with Crippen molar-refractivity contribution in [1.82, 2.24) is 0 Å². The molecule has 17 heavy (non-hydrogen) atoms. The largest absolute Gasteiger partial charge is 0.491 e. The van der Waals surface area contributed by atoms with Gasteiger partial charge in [-0.25, -0.2) is 0 Å². The van der Waals surface area contributed by atoms with Crippen molar-refractivity contribution in [1.29, 1.82) is 0 Å². The number of benzene rings is 1. The van der Waals surface area contributed by atoms with E-state index in [0.717, 1.165) is 0 Å². The van der Waals surface area contributed by atoms with E-state index in [2.05, 4.69) is 4.74 Å². The molecule has 3 nitrogen and oxygen atoms in total. The van der Waals surface area contributed by atoms with Crippen LogP contribution in [0.2, 0.25) is 0 Å². The van der Waals surface area contributed by atoms with Gasteiger partial charge in [0.2, 0.25) is 0 Å². The van der Waals surface area contributed by atoms with Crippen LogP contribution in [0.25, 0.3) is 0 Å². The van der Waals surface area contributed by atoms with Crippen molar-refractivity contribution in [3.63, 3.8) is 0 Å². The molecule has 2 N–H and O–H groups in total. The molecule has 1 unspecified atom stereocenters. The molecule has 1 aromatic carbocycles. The quantitative estimate of drug-likeness (QED) is 0.784. The Morgan fingerprint density at radius 3 is 2.29 bits per heavy atom. The summed E-state index contributed by atoms with van der Waals surface area (Å²) in [7, 11) is 0. The maximum atomic E-state index is 12.2. The first-order valence-electron chi connectivity index (χ1n) is 5.10. The Kier molecular flexibility index (Phi) is 5.24. The highest BCUT2D eigenvalue weighted by atomic mass is 19.4. The van der Waals surface area contributed by atoms with Crippen LogP contribution in [0.4, 0.5) is 13.2 Å². The lowest BCUT2D eigenvalue weighted by Gasteiger charge is -2.19. The predicted octanol–water partition coefficient (Wildman–Crippen LogP) is 1.97. The topological polar surface area (TPSA) is 44.5 Å². The van der Waals surface area contributed by atoms with E-state index in [1.807, 2.05) is 6.07 Å². The van der Waals surface area contributed by atoms with Crippen LogP contribution in [-0.2, 0) is 4.74 Å². The van der Waals surface area contributed by atoms with Gasteiger partial charge in [-0.15, -0.1) is 0 Å². The van der Waals surface area contributed by atoms with Crippen molar-refractivity contribution in [2.24, 2.45) is 5.73 Å². The fourth-order valence-electron chi connectivity index (χ4n) is 1.16. The highest BCUT2D eigenvalue weighted by molar-refractivity contribution is 5.20. The van der Waals surface area contributed by atoms with Gasteiger partial charge in [0.15, 0.2) is 6.10 Å². The van der Waals surface area contributed by atoms with Crippen molar-refractivity contribution < 1.29 is 22.6 Å². The lowest BCUT2D eigenvalue weighted by molar-refractivity contribution is -0.217. The molecule has 0 aliphatic carbocycles. The van der Waals surface area contributed by atoms with Crippen molar-refractivity contribution in [3.8, 4) is 5.75 Å². The molecule has 6 heteroatoms. The fraction of sp³-hybridized carbons (Fsp3) is 0.455. The molecular formula is C11H14F3NO2. The Bertz CT molecular complexity index is 316. The molecule has 0 bridgehead atoms. The molecule has 0 spiro atoms. The number of halogens is 3. The Morgan fingerprint density at radius 2 is 1.76 bits per heavy atom. The zero-order valence-corrected chi connectivity index (χ0v) is 9.11. The first-order valence-corrected chi connectivity index (χ1v) is 5.10. The summed E-state index contributed by atoms with van der Waals surface area (Å²) >= 11 is 0. The molecule has 0 aliphatic rings. The summed E-state index contributed by atoms with van der Waals surface area (Å²) in [5.74, 6) is 0.590. The van der Waals surface area contributed by atoms with Crippen LogP contribution in [0, 0.1) is 0 Å². The summed E-state index contributed by atoms with van der Waals surface area (Å²) in [6.07, 6.45) is -6.36. The maximum Gasteiger partial charge on any atom is 0.415 e. The van der Waals surface area contributed by atoms with Crippen LogP contribution in [0.5, 0.6) is 5.75 Å². The molecule has 0 aromatic heterocycles. The Hall–Kier alpha value is -1.27. The highest BCUT2D eigenvalue weighted by Crippen LogP contribution is 2.21. The van der Waals surface area contributed by atoms with Crippen LogP contribution in [0.15, 0.2) is 30.3 Å². The van der Waals surface area contributed by atoms with Gasteiger partial charge < -0.3 is 15.2 Å². The predicted molar refractivity (Wildman–Crippen MR) is 56.8 cm³/mol. The third-order valence-electron chi connectivity index (χ3n) is 1.99. The second-order valence-electron chi connectivity index (χ2n) is 3.30. The van der Waals surface area contributed by atoms with Gasteiger partial charge in [-0.2, -0.15) is 13.2 Å². The molecular weight excluding hydrogens is 235 g/mol. The van der Waals surface area contributed by atoms with E-state index in [1.54, 1.807) is 24.3 Å². The van der Waals surface area contributed by atoms with Crippen molar-refractivity contribution >= 4 is 0 Å². The molecule has 1 rings (SSSR count). The van der Waals surface area contributed by atoms with Crippen molar-refractivity contribution in [3.05, 3.63) is 30.3 Å². The average molecular weight is 249 g/mol. The summed E-state index contributed by atoms with van der Waals surface area (Å²) < 4.78 is 46.5. The van der Waals surface area contributed by atoms with Gasteiger partial charge in [-0.3, -0.25) is 0 Å². The van der Waals surface area contributed by atoms with Gasteiger partial charge in [-0.1, -0.05) is 18.2 Å². The second kappa shape index (κ2) is 6.46.